The second-order valence-electron chi connectivity index (χ2n) is 3.92. The van der Waals surface area contributed by atoms with Gasteiger partial charge in [0.1, 0.15) is 4.90 Å². The third-order valence-electron chi connectivity index (χ3n) is 1.97. The number of nitrogens with two attached hydrogens (primary N) is 1. The van der Waals surface area contributed by atoms with E-state index in [0.29, 0.717) is 0 Å². The average molecular weight is 286 g/mol. The smallest absolute Gasteiger partial charge is 0.339 e. The summed E-state index contributed by atoms with van der Waals surface area (Å²) >= 11 is 0. The molecule has 2 amide bonds. The molecule has 0 heterocycles. The molecule has 1 aromatic rings. The van der Waals surface area contributed by atoms with Crippen LogP contribution in [-0.4, -0.2) is 26.5 Å². The lowest BCUT2D eigenvalue weighted by Gasteiger charge is -2.11. The van der Waals surface area contributed by atoms with Gasteiger partial charge in [-0.25, -0.2) is 22.7 Å². The number of rotatable bonds is 4. The van der Waals surface area contributed by atoms with Gasteiger partial charge in [-0.1, -0.05) is 12.1 Å². The van der Waals surface area contributed by atoms with Gasteiger partial charge >= 0.3 is 12.0 Å². The quantitative estimate of drug-likeness (QED) is 0.787. The highest BCUT2D eigenvalue weighted by atomic mass is 32.2. The molecule has 0 saturated carbocycles. The highest BCUT2D eigenvalue weighted by molar-refractivity contribution is 7.90. The first kappa shape index (κ1) is 15.0. The predicted octanol–water partition coefficient (Wildman–Crippen LogP) is 0.609. The van der Waals surface area contributed by atoms with Crippen LogP contribution in [0, 0.1) is 0 Å². The molecule has 1 rings (SSSR count). The number of hydrogen-bond acceptors (Lipinski definition) is 5. The lowest BCUT2D eigenvalue weighted by molar-refractivity contribution is 0.0373. The van der Waals surface area contributed by atoms with E-state index in [-0.39, 0.29) is 10.5 Å². The van der Waals surface area contributed by atoms with Crippen molar-refractivity contribution in [3.05, 3.63) is 29.8 Å². The first-order valence-electron chi connectivity index (χ1n) is 5.36. The molecule has 0 saturated heterocycles. The summed E-state index contributed by atoms with van der Waals surface area (Å²) in [5.41, 5.74) is 4.62. The van der Waals surface area contributed by atoms with Crippen molar-refractivity contribution in [1.29, 1.82) is 0 Å². The molecule has 0 aliphatic heterocycles. The number of carbonyl (C=O) groups excluding carboxylic acids is 2. The van der Waals surface area contributed by atoms with Gasteiger partial charge in [-0.05, 0) is 26.0 Å². The van der Waals surface area contributed by atoms with E-state index in [1.165, 1.54) is 24.3 Å². The minimum Gasteiger partial charge on any atom is -0.459 e. The van der Waals surface area contributed by atoms with Crippen LogP contribution in [0.5, 0.6) is 0 Å². The number of urea groups is 1. The van der Waals surface area contributed by atoms with Crippen LogP contribution in [0.25, 0.3) is 0 Å². The van der Waals surface area contributed by atoms with Gasteiger partial charge in [0, 0.05) is 0 Å². The third kappa shape index (κ3) is 3.95. The highest BCUT2D eigenvalue weighted by Gasteiger charge is 2.24. The fourth-order valence-corrected chi connectivity index (χ4v) is 2.41. The maximum Gasteiger partial charge on any atom is 0.339 e. The second kappa shape index (κ2) is 5.70. The van der Waals surface area contributed by atoms with Crippen molar-refractivity contribution in [1.82, 2.24) is 4.72 Å². The van der Waals surface area contributed by atoms with Crippen molar-refractivity contribution >= 4 is 22.0 Å². The molecule has 8 heteroatoms. The number of nitrogens with one attached hydrogen (secondary N) is 1. The highest BCUT2D eigenvalue weighted by Crippen LogP contribution is 2.16. The van der Waals surface area contributed by atoms with Crippen LogP contribution in [0.1, 0.15) is 24.2 Å². The molecule has 0 bridgehead atoms. The molecule has 0 radical (unpaired) electrons. The van der Waals surface area contributed by atoms with Gasteiger partial charge in [0.15, 0.2) is 0 Å². The molecule has 1 aromatic carbocycles. The summed E-state index contributed by atoms with van der Waals surface area (Å²) in [6.45, 7) is 3.27. The molecular formula is C11H14N2O5S. The van der Waals surface area contributed by atoms with E-state index in [2.05, 4.69) is 0 Å². The number of carbonyl (C=O) groups is 2. The monoisotopic (exact) mass is 286 g/mol. The summed E-state index contributed by atoms with van der Waals surface area (Å²) in [4.78, 5) is 22.1. The van der Waals surface area contributed by atoms with Crippen LogP contribution in [0.2, 0.25) is 0 Å². The Morgan fingerprint density at radius 1 is 1.26 bits per heavy atom. The Kier molecular flexibility index (Phi) is 4.49. The lowest BCUT2D eigenvalue weighted by Crippen LogP contribution is -2.35. The van der Waals surface area contributed by atoms with Gasteiger partial charge < -0.3 is 10.5 Å². The van der Waals surface area contributed by atoms with Gasteiger partial charge in [-0.2, -0.15) is 0 Å². The van der Waals surface area contributed by atoms with Crippen LogP contribution in [0.4, 0.5) is 4.79 Å². The van der Waals surface area contributed by atoms with Crippen molar-refractivity contribution in [3.8, 4) is 0 Å². The van der Waals surface area contributed by atoms with E-state index in [1.54, 1.807) is 18.6 Å². The molecule has 104 valence electrons. The first-order chi connectivity index (χ1) is 8.74. The number of benzene rings is 1. The molecule has 0 aliphatic carbocycles. The van der Waals surface area contributed by atoms with E-state index in [4.69, 9.17) is 10.5 Å². The largest absolute Gasteiger partial charge is 0.459 e. The van der Waals surface area contributed by atoms with E-state index in [0.717, 1.165) is 0 Å². The molecule has 3 N–H and O–H groups in total. The molecule has 0 aliphatic rings. The summed E-state index contributed by atoms with van der Waals surface area (Å²) in [6.07, 6.45) is -0.396. The van der Waals surface area contributed by atoms with Crippen molar-refractivity contribution in [2.45, 2.75) is 24.8 Å². The van der Waals surface area contributed by atoms with Gasteiger partial charge in [0.25, 0.3) is 10.0 Å². The maximum absolute atomic E-state index is 11.8. The number of esters is 1. The molecule has 0 spiro atoms. The summed E-state index contributed by atoms with van der Waals surface area (Å²) < 4.78 is 30.2. The Morgan fingerprint density at radius 3 is 2.37 bits per heavy atom. The van der Waals surface area contributed by atoms with Gasteiger partial charge in [0.2, 0.25) is 0 Å². The summed E-state index contributed by atoms with van der Waals surface area (Å²) in [5.74, 6) is -0.791. The van der Waals surface area contributed by atoms with Crippen LogP contribution in [-0.2, 0) is 14.8 Å². The summed E-state index contributed by atoms with van der Waals surface area (Å²) in [6, 6.07) is 4.15. The number of sulfonamides is 1. The van der Waals surface area contributed by atoms with E-state index >= 15 is 0 Å². The van der Waals surface area contributed by atoms with Crippen LogP contribution in [0.3, 0.4) is 0 Å². The average Bonchev–Trinajstić information content (AvgIpc) is 2.26. The fourth-order valence-electron chi connectivity index (χ4n) is 1.33. The number of primary amides is 1. The zero-order valence-electron chi connectivity index (χ0n) is 10.4. The number of amides is 2. The molecule has 19 heavy (non-hydrogen) atoms. The van der Waals surface area contributed by atoms with Gasteiger partial charge in [-0.15, -0.1) is 0 Å². The molecule has 0 aromatic heterocycles. The Labute approximate surface area is 110 Å². The number of ether oxygens (including phenoxy) is 1. The fraction of sp³-hybridized carbons (Fsp3) is 0.273. The van der Waals surface area contributed by atoms with E-state index in [1.807, 2.05) is 0 Å². The zero-order valence-corrected chi connectivity index (χ0v) is 11.2. The first-order valence-corrected chi connectivity index (χ1v) is 6.84. The van der Waals surface area contributed by atoms with Crippen molar-refractivity contribution in [2.24, 2.45) is 5.73 Å². The summed E-state index contributed by atoms with van der Waals surface area (Å²) in [5, 5.41) is 0. The minimum absolute atomic E-state index is 0.162. The Balaban J connectivity index is 3.23. The normalized spacial score (nSPS) is 11.1. The minimum atomic E-state index is -4.20. The molecule has 0 atom stereocenters. The topological polar surface area (TPSA) is 116 Å². The Hall–Kier alpha value is -2.09. The van der Waals surface area contributed by atoms with Crippen LogP contribution in [0.15, 0.2) is 29.2 Å². The zero-order chi connectivity index (χ0) is 14.6. The molecular weight excluding hydrogens is 272 g/mol. The lowest BCUT2D eigenvalue weighted by atomic mass is 10.2. The Morgan fingerprint density at radius 2 is 1.84 bits per heavy atom. The van der Waals surface area contributed by atoms with Crippen LogP contribution >= 0.6 is 0 Å². The van der Waals surface area contributed by atoms with Crippen molar-refractivity contribution in [2.75, 3.05) is 0 Å². The SMILES string of the molecule is CC(C)OC(=O)c1ccccc1S(=O)(=O)NC(N)=O. The Bertz CT molecular complexity index is 595. The summed E-state index contributed by atoms with van der Waals surface area (Å²) in [7, 11) is -4.20. The van der Waals surface area contributed by atoms with Crippen molar-refractivity contribution < 1.29 is 22.7 Å². The standard InChI is InChI=1S/C11H14N2O5S/c1-7(2)18-10(14)8-5-3-4-6-9(8)19(16,17)13-11(12)15/h3-7H,1-2H3,(H3,12,13,15). The van der Waals surface area contributed by atoms with Gasteiger partial charge in [0.05, 0.1) is 11.7 Å². The van der Waals surface area contributed by atoms with Gasteiger partial charge in [-0.3, -0.25) is 0 Å². The van der Waals surface area contributed by atoms with Crippen LogP contribution < -0.4 is 10.5 Å². The third-order valence-corrected chi connectivity index (χ3v) is 3.38. The van der Waals surface area contributed by atoms with E-state index < -0.39 is 28.1 Å². The molecule has 0 fully saturated rings. The predicted molar refractivity (Wildman–Crippen MR) is 66.9 cm³/mol. The number of hydrogen-bond donors (Lipinski definition) is 2. The van der Waals surface area contributed by atoms with E-state index in [9.17, 15) is 18.0 Å². The molecule has 7 nitrogen and oxygen atoms in total. The maximum atomic E-state index is 11.8. The molecule has 0 unspecified atom stereocenters. The second-order valence-corrected chi connectivity index (χ2v) is 5.57. The van der Waals surface area contributed by atoms with Crippen molar-refractivity contribution in [3.63, 3.8) is 0 Å².